The molecule has 1 unspecified atom stereocenters. The van der Waals surface area contributed by atoms with Crippen LogP contribution < -0.4 is 28.6 Å². The first kappa shape index (κ1) is 24.0. The number of halogens is 1. The van der Waals surface area contributed by atoms with Crippen molar-refractivity contribution in [3.05, 3.63) is 35.9 Å². The Labute approximate surface area is 197 Å². The highest BCUT2D eigenvalue weighted by Crippen LogP contribution is 2.49. The zero-order valence-electron chi connectivity index (χ0n) is 19.1. The van der Waals surface area contributed by atoms with Crippen molar-refractivity contribution in [3.63, 3.8) is 0 Å². The second kappa shape index (κ2) is 10.8. The first-order valence-corrected chi connectivity index (χ1v) is 11.7. The molecule has 0 bridgehead atoms. The van der Waals surface area contributed by atoms with Crippen molar-refractivity contribution < 1.29 is 28.5 Å². The maximum atomic E-state index is 13.1. The van der Waals surface area contributed by atoms with E-state index in [0.29, 0.717) is 46.4 Å². The number of methoxy groups -OCH3 is 4. The van der Waals surface area contributed by atoms with Gasteiger partial charge in [0.05, 0.1) is 52.7 Å². The van der Waals surface area contributed by atoms with Crippen LogP contribution in [0.1, 0.15) is 31.4 Å². The van der Waals surface area contributed by atoms with Crippen molar-refractivity contribution in [2.75, 3.05) is 45.3 Å². The molecule has 0 radical (unpaired) electrons. The predicted octanol–water partition coefficient (Wildman–Crippen LogP) is 5.00. The molecular formula is C24H30BrNO6. The van der Waals surface area contributed by atoms with Gasteiger partial charge in [-0.25, -0.2) is 0 Å². The van der Waals surface area contributed by atoms with Gasteiger partial charge in [-0.05, 0) is 24.1 Å². The summed E-state index contributed by atoms with van der Waals surface area (Å²) in [6.45, 7) is 2.73. The summed E-state index contributed by atoms with van der Waals surface area (Å²) in [5, 5.41) is 0.551. The summed E-state index contributed by atoms with van der Waals surface area (Å²) in [5.41, 5.74) is 1.64. The Morgan fingerprint density at radius 3 is 2.09 bits per heavy atom. The van der Waals surface area contributed by atoms with Gasteiger partial charge in [-0.3, -0.25) is 4.79 Å². The summed E-state index contributed by atoms with van der Waals surface area (Å²) >= 11 is 3.51. The molecule has 1 heterocycles. The Kier molecular flexibility index (Phi) is 8.12. The quantitative estimate of drug-likeness (QED) is 0.242. The van der Waals surface area contributed by atoms with E-state index in [1.807, 2.05) is 18.2 Å². The van der Waals surface area contributed by atoms with Crippen LogP contribution in [0.4, 0.5) is 5.69 Å². The third kappa shape index (κ3) is 4.46. The fourth-order valence-corrected chi connectivity index (χ4v) is 4.52. The number of unbranched alkanes of at least 4 members (excludes halogenated alkanes) is 1. The van der Waals surface area contributed by atoms with Crippen LogP contribution in [0, 0.1) is 5.92 Å². The van der Waals surface area contributed by atoms with Gasteiger partial charge in [0.15, 0.2) is 23.0 Å². The molecule has 174 valence electrons. The Bertz CT molecular complexity index is 925. The van der Waals surface area contributed by atoms with E-state index in [1.165, 1.54) is 0 Å². The molecule has 2 atom stereocenters. The molecule has 2 aromatic carbocycles. The van der Waals surface area contributed by atoms with Crippen molar-refractivity contribution in [1.29, 1.82) is 0 Å². The van der Waals surface area contributed by atoms with Gasteiger partial charge in [-0.15, -0.1) is 0 Å². The van der Waals surface area contributed by atoms with Gasteiger partial charge in [0, 0.05) is 17.5 Å². The number of carbonyl (C=O) groups is 1. The monoisotopic (exact) mass is 507 g/mol. The molecule has 0 spiro atoms. The van der Waals surface area contributed by atoms with Crippen LogP contribution in [0.25, 0.3) is 0 Å². The van der Waals surface area contributed by atoms with E-state index in [2.05, 4.69) is 22.9 Å². The zero-order chi connectivity index (χ0) is 23.3. The number of hydrogen-bond donors (Lipinski definition) is 0. The van der Waals surface area contributed by atoms with Crippen LogP contribution in [0.15, 0.2) is 30.3 Å². The molecule has 1 aliphatic rings. The number of alkyl halides is 1. The fraction of sp³-hybridized carbons (Fsp3) is 0.458. The van der Waals surface area contributed by atoms with Gasteiger partial charge in [0.1, 0.15) is 0 Å². The van der Waals surface area contributed by atoms with Gasteiger partial charge in [-0.1, -0.05) is 35.3 Å². The van der Waals surface area contributed by atoms with Crippen molar-refractivity contribution in [2.24, 2.45) is 5.92 Å². The van der Waals surface area contributed by atoms with E-state index in [9.17, 15) is 4.79 Å². The largest absolute Gasteiger partial charge is 0.493 e. The predicted molar refractivity (Wildman–Crippen MR) is 127 cm³/mol. The number of rotatable bonds is 11. The highest BCUT2D eigenvalue weighted by atomic mass is 79.9. The van der Waals surface area contributed by atoms with Crippen LogP contribution in [0.3, 0.4) is 0 Å². The van der Waals surface area contributed by atoms with Crippen LogP contribution in [0.5, 0.6) is 28.7 Å². The molecule has 0 aliphatic carbocycles. The van der Waals surface area contributed by atoms with Crippen LogP contribution >= 0.6 is 15.9 Å². The Balaban J connectivity index is 2.02. The van der Waals surface area contributed by atoms with Gasteiger partial charge >= 0.3 is 0 Å². The maximum absolute atomic E-state index is 13.1. The van der Waals surface area contributed by atoms with Gasteiger partial charge in [0.2, 0.25) is 11.7 Å². The highest BCUT2D eigenvalue weighted by molar-refractivity contribution is 9.09. The lowest BCUT2D eigenvalue weighted by molar-refractivity contribution is -0.129. The molecule has 1 aliphatic heterocycles. The maximum Gasteiger partial charge on any atom is 0.233 e. The smallest absolute Gasteiger partial charge is 0.233 e. The molecule has 0 aromatic heterocycles. The van der Waals surface area contributed by atoms with Crippen molar-refractivity contribution in [3.8, 4) is 28.7 Å². The number of carbonyl (C=O) groups excluding carboxylic acids is 1. The number of ether oxygens (including phenoxy) is 5. The summed E-state index contributed by atoms with van der Waals surface area (Å²) in [7, 11) is 6.29. The first-order chi connectivity index (χ1) is 15.5. The summed E-state index contributed by atoms with van der Waals surface area (Å²) in [6.07, 6.45) is 2.00. The normalized spacial score (nSPS) is 17.6. The Morgan fingerprint density at radius 1 is 0.906 bits per heavy atom. The summed E-state index contributed by atoms with van der Waals surface area (Å²) < 4.78 is 27.8. The van der Waals surface area contributed by atoms with Crippen molar-refractivity contribution in [2.45, 2.75) is 25.8 Å². The lowest BCUT2D eigenvalue weighted by atomic mass is 9.83. The topological polar surface area (TPSA) is 66.5 Å². The molecule has 1 amide bonds. The third-order valence-corrected chi connectivity index (χ3v) is 6.29. The molecule has 1 saturated heterocycles. The van der Waals surface area contributed by atoms with Crippen LogP contribution in [-0.4, -0.2) is 46.3 Å². The average molecular weight is 508 g/mol. The number of benzene rings is 2. The second-order valence-electron chi connectivity index (χ2n) is 7.41. The van der Waals surface area contributed by atoms with E-state index < -0.39 is 0 Å². The number of amides is 1. The van der Waals surface area contributed by atoms with Gasteiger partial charge in [0.25, 0.3) is 0 Å². The Morgan fingerprint density at radius 2 is 1.56 bits per heavy atom. The molecule has 1 fully saturated rings. The van der Waals surface area contributed by atoms with E-state index in [1.54, 1.807) is 45.5 Å². The number of hydrogen-bond acceptors (Lipinski definition) is 6. The fourth-order valence-electron chi connectivity index (χ4n) is 3.89. The summed E-state index contributed by atoms with van der Waals surface area (Å²) in [6, 6.07) is 9.23. The molecule has 2 aromatic rings. The second-order valence-corrected chi connectivity index (χ2v) is 8.06. The standard InChI is InChI=1S/C24H30BrNO6/c1-6-7-10-32-19-11-15(8-9-18(19)28-2)22-17(14-25)24(27)26(22)16-12-20(29-3)23(31-5)21(13-16)30-4/h8-9,11-13,17,22H,6-7,10,14H2,1-5H3/t17-,22?/m1/s1. The van der Waals surface area contributed by atoms with Crippen molar-refractivity contribution in [1.82, 2.24) is 0 Å². The minimum absolute atomic E-state index is 0.0189. The Hall–Kier alpha value is -2.61. The lowest BCUT2D eigenvalue weighted by Crippen LogP contribution is -2.56. The van der Waals surface area contributed by atoms with Crippen LogP contribution in [0.2, 0.25) is 0 Å². The molecule has 32 heavy (non-hydrogen) atoms. The molecule has 3 rings (SSSR count). The van der Waals surface area contributed by atoms with E-state index in [-0.39, 0.29) is 17.9 Å². The number of anilines is 1. The van der Waals surface area contributed by atoms with Crippen LogP contribution in [-0.2, 0) is 4.79 Å². The minimum Gasteiger partial charge on any atom is -0.493 e. The third-order valence-electron chi connectivity index (χ3n) is 5.59. The summed E-state index contributed by atoms with van der Waals surface area (Å²) in [5.74, 6) is 2.64. The van der Waals surface area contributed by atoms with Gasteiger partial charge < -0.3 is 28.6 Å². The molecule has 0 N–H and O–H groups in total. The number of β-lactam (4-membered cyclic amide) rings is 1. The highest BCUT2D eigenvalue weighted by Gasteiger charge is 2.48. The SMILES string of the molecule is CCCCOc1cc(C2[C@@H](CBr)C(=O)N2c2cc(OC)c(OC)c(OC)c2)ccc1OC. The van der Waals surface area contributed by atoms with Crippen molar-refractivity contribution >= 4 is 27.5 Å². The molecular weight excluding hydrogens is 478 g/mol. The molecule has 0 saturated carbocycles. The zero-order valence-corrected chi connectivity index (χ0v) is 20.7. The van der Waals surface area contributed by atoms with E-state index in [4.69, 9.17) is 23.7 Å². The minimum atomic E-state index is -0.203. The lowest BCUT2D eigenvalue weighted by Gasteiger charge is -2.47. The summed E-state index contributed by atoms with van der Waals surface area (Å²) in [4.78, 5) is 14.8. The van der Waals surface area contributed by atoms with E-state index >= 15 is 0 Å². The molecule has 8 heteroatoms. The van der Waals surface area contributed by atoms with Gasteiger partial charge in [-0.2, -0.15) is 0 Å². The average Bonchev–Trinajstić information content (AvgIpc) is 2.82. The molecule has 7 nitrogen and oxygen atoms in total. The van der Waals surface area contributed by atoms with E-state index in [0.717, 1.165) is 18.4 Å². The number of nitrogens with zero attached hydrogens (tertiary/aromatic N) is 1. The first-order valence-electron chi connectivity index (χ1n) is 10.5.